The summed E-state index contributed by atoms with van der Waals surface area (Å²) in [7, 11) is 0. The molecule has 0 aliphatic rings. The Hall–Kier alpha value is -1.76. The van der Waals surface area contributed by atoms with E-state index in [1.54, 1.807) is 6.92 Å². The third-order valence-electron chi connectivity index (χ3n) is 1.61. The molecule has 0 saturated heterocycles. The molecule has 68 valence electrons. The first-order chi connectivity index (χ1) is 6.19. The van der Waals surface area contributed by atoms with Crippen molar-refractivity contribution in [3.05, 3.63) is 23.2 Å². The topological polar surface area (TPSA) is 66.0 Å². The third kappa shape index (κ3) is 1.88. The summed E-state index contributed by atoms with van der Waals surface area (Å²) in [6.07, 6.45) is 0. The summed E-state index contributed by atoms with van der Waals surface area (Å²) >= 11 is 0. The van der Waals surface area contributed by atoms with Crippen molar-refractivity contribution in [1.82, 2.24) is 5.32 Å². The second-order valence-electron chi connectivity index (χ2n) is 2.55. The normalized spacial score (nSPS) is 9.31. The van der Waals surface area contributed by atoms with Crippen molar-refractivity contribution in [2.45, 2.75) is 13.8 Å². The standard InChI is InChI=1S/C9H10N2O2/c1-3-11-9(12)8-4-7(5-10)13-6(8)2/h4H,3H2,1-2H3,(H,11,12). The van der Waals surface area contributed by atoms with Crippen LogP contribution in [0.2, 0.25) is 0 Å². The van der Waals surface area contributed by atoms with Crippen LogP contribution in [0.3, 0.4) is 0 Å². The van der Waals surface area contributed by atoms with Gasteiger partial charge in [0, 0.05) is 12.6 Å². The molecule has 1 aromatic rings. The van der Waals surface area contributed by atoms with Crippen LogP contribution in [0.4, 0.5) is 0 Å². The van der Waals surface area contributed by atoms with E-state index >= 15 is 0 Å². The van der Waals surface area contributed by atoms with Gasteiger partial charge in [0.2, 0.25) is 5.76 Å². The monoisotopic (exact) mass is 178 g/mol. The molecule has 0 aliphatic heterocycles. The van der Waals surface area contributed by atoms with Gasteiger partial charge in [0.25, 0.3) is 5.91 Å². The zero-order chi connectivity index (χ0) is 9.84. The predicted octanol–water partition coefficient (Wildman–Crippen LogP) is 1.21. The summed E-state index contributed by atoms with van der Waals surface area (Å²) in [6.45, 7) is 4.05. The molecule has 1 N–H and O–H groups in total. The van der Waals surface area contributed by atoms with E-state index in [1.807, 2.05) is 13.0 Å². The summed E-state index contributed by atoms with van der Waals surface area (Å²) in [5.74, 6) is 0.437. The number of nitriles is 1. The predicted molar refractivity (Wildman–Crippen MR) is 46.2 cm³/mol. The van der Waals surface area contributed by atoms with Crippen molar-refractivity contribution >= 4 is 5.91 Å². The minimum absolute atomic E-state index is 0.166. The summed E-state index contributed by atoms with van der Waals surface area (Å²) in [4.78, 5) is 11.3. The van der Waals surface area contributed by atoms with Gasteiger partial charge in [-0.1, -0.05) is 0 Å². The number of nitrogens with zero attached hydrogens (tertiary/aromatic N) is 1. The van der Waals surface area contributed by atoms with Crippen LogP contribution in [0, 0.1) is 18.3 Å². The van der Waals surface area contributed by atoms with Crippen LogP contribution >= 0.6 is 0 Å². The Morgan fingerprint density at radius 2 is 2.46 bits per heavy atom. The van der Waals surface area contributed by atoms with Gasteiger partial charge in [-0.05, 0) is 13.8 Å². The smallest absolute Gasteiger partial charge is 0.254 e. The van der Waals surface area contributed by atoms with Gasteiger partial charge in [0.15, 0.2) is 0 Å². The highest BCUT2D eigenvalue weighted by Gasteiger charge is 2.13. The van der Waals surface area contributed by atoms with Crippen LogP contribution in [0.5, 0.6) is 0 Å². The number of nitrogens with one attached hydrogen (secondary N) is 1. The lowest BCUT2D eigenvalue weighted by molar-refractivity contribution is 0.0954. The molecule has 0 bridgehead atoms. The summed E-state index contributed by atoms with van der Waals surface area (Å²) < 4.78 is 5.01. The maximum Gasteiger partial charge on any atom is 0.254 e. The van der Waals surface area contributed by atoms with Gasteiger partial charge in [-0.15, -0.1) is 0 Å². The summed E-state index contributed by atoms with van der Waals surface area (Å²) in [5.41, 5.74) is 0.429. The molecule has 0 aromatic carbocycles. The van der Waals surface area contributed by atoms with Gasteiger partial charge in [-0.3, -0.25) is 4.79 Å². The average Bonchev–Trinajstić information content (AvgIpc) is 2.47. The molecule has 0 saturated carbocycles. The molecule has 1 heterocycles. The third-order valence-corrected chi connectivity index (χ3v) is 1.61. The molecular formula is C9H10N2O2. The largest absolute Gasteiger partial charge is 0.450 e. The van der Waals surface area contributed by atoms with E-state index in [1.165, 1.54) is 6.07 Å². The van der Waals surface area contributed by atoms with Crippen molar-refractivity contribution in [3.63, 3.8) is 0 Å². The van der Waals surface area contributed by atoms with Gasteiger partial charge in [0.05, 0.1) is 5.56 Å². The van der Waals surface area contributed by atoms with E-state index in [-0.39, 0.29) is 11.7 Å². The fraction of sp³-hybridized carbons (Fsp3) is 0.333. The number of hydrogen-bond acceptors (Lipinski definition) is 3. The zero-order valence-corrected chi connectivity index (χ0v) is 7.55. The highest BCUT2D eigenvalue weighted by molar-refractivity contribution is 5.95. The van der Waals surface area contributed by atoms with Crippen LogP contribution < -0.4 is 5.32 Å². The molecule has 1 aromatic heterocycles. The van der Waals surface area contributed by atoms with Crippen LogP contribution in [-0.2, 0) is 0 Å². The minimum atomic E-state index is -0.203. The number of hydrogen-bond donors (Lipinski definition) is 1. The molecule has 0 fully saturated rings. The first kappa shape index (κ1) is 9.33. The second kappa shape index (κ2) is 3.76. The number of carbonyl (C=O) groups excluding carboxylic acids is 1. The lowest BCUT2D eigenvalue weighted by atomic mass is 10.2. The van der Waals surface area contributed by atoms with E-state index in [4.69, 9.17) is 9.68 Å². The molecule has 0 radical (unpaired) electrons. The Labute approximate surface area is 76.2 Å². The molecule has 4 nitrogen and oxygen atoms in total. The maximum absolute atomic E-state index is 11.3. The molecule has 0 aliphatic carbocycles. The highest BCUT2D eigenvalue weighted by Crippen LogP contribution is 2.13. The maximum atomic E-state index is 11.3. The Kier molecular flexibility index (Phi) is 2.70. The van der Waals surface area contributed by atoms with Crippen molar-refractivity contribution in [1.29, 1.82) is 5.26 Å². The SMILES string of the molecule is CCNC(=O)c1cc(C#N)oc1C. The van der Waals surface area contributed by atoms with Crippen LogP contribution in [0.1, 0.15) is 28.8 Å². The Morgan fingerprint density at radius 3 is 2.92 bits per heavy atom. The molecule has 0 atom stereocenters. The van der Waals surface area contributed by atoms with E-state index in [9.17, 15) is 4.79 Å². The fourth-order valence-corrected chi connectivity index (χ4v) is 1.02. The second-order valence-corrected chi connectivity index (χ2v) is 2.55. The van der Waals surface area contributed by atoms with Crippen LogP contribution in [0.25, 0.3) is 0 Å². The number of furan rings is 1. The van der Waals surface area contributed by atoms with E-state index in [0.29, 0.717) is 17.9 Å². The van der Waals surface area contributed by atoms with Gasteiger partial charge >= 0.3 is 0 Å². The van der Waals surface area contributed by atoms with Crippen molar-refractivity contribution in [3.8, 4) is 6.07 Å². The zero-order valence-electron chi connectivity index (χ0n) is 7.55. The average molecular weight is 178 g/mol. The summed E-state index contributed by atoms with van der Waals surface area (Å²) in [6, 6.07) is 3.28. The molecular weight excluding hydrogens is 168 g/mol. The lowest BCUT2D eigenvalue weighted by Gasteiger charge is -1.97. The van der Waals surface area contributed by atoms with Crippen molar-refractivity contribution < 1.29 is 9.21 Å². The van der Waals surface area contributed by atoms with Crippen LogP contribution in [-0.4, -0.2) is 12.5 Å². The molecule has 0 unspecified atom stereocenters. The Balaban J connectivity index is 2.95. The van der Waals surface area contributed by atoms with Gasteiger partial charge in [-0.2, -0.15) is 5.26 Å². The molecule has 13 heavy (non-hydrogen) atoms. The van der Waals surface area contributed by atoms with Crippen molar-refractivity contribution in [2.24, 2.45) is 0 Å². The highest BCUT2D eigenvalue weighted by atomic mass is 16.3. The molecule has 1 amide bonds. The fourth-order valence-electron chi connectivity index (χ4n) is 1.02. The molecule has 4 heteroatoms. The Morgan fingerprint density at radius 1 is 1.77 bits per heavy atom. The van der Waals surface area contributed by atoms with Gasteiger partial charge in [0.1, 0.15) is 11.8 Å². The van der Waals surface area contributed by atoms with Gasteiger partial charge in [-0.25, -0.2) is 0 Å². The Bertz CT molecular complexity index is 360. The first-order valence-corrected chi connectivity index (χ1v) is 3.97. The number of amides is 1. The first-order valence-electron chi connectivity index (χ1n) is 3.97. The summed E-state index contributed by atoms with van der Waals surface area (Å²) in [5, 5.41) is 11.1. The molecule has 0 spiro atoms. The lowest BCUT2D eigenvalue weighted by Crippen LogP contribution is -2.22. The quantitative estimate of drug-likeness (QED) is 0.740. The van der Waals surface area contributed by atoms with Gasteiger partial charge < -0.3 is 9.73 Å². The number of rotatable bonds is 2. The van der Waals surface area contributed by atoms with Crippen molar-refractivity contribution in [2.75, 3.05) is 6.54 Å². The molecule has 1 rings (SSSR count). The van der Waals surface area contributed by atoms with Crippen LogP contribution in [0.15, 0.2) is 10.5 Å². The number of carbonyl (C=O) groups is 1. The van der Waals surface area contributed by atoms with E-state index in [0.717, 1.165) is 0 Å². The minimum Gasteiger partial charge on any atom is -0.450 e. The number of aryl methyl sites for hydroxylation is 1. The van der Waals surface area contributed by atoms with E-state index < -0.39 is 0 Å². The van der Waals surface area contributed by atoms with E-state index in [2.05, 4.69) is 5.32 Å².